The van der Waals surface area contributed by atoms with Gasteiger partial charge in [-0.2, -0.15) is 0 Å². The lowest BCUT2D eigenvalue weighted by Gasteiger charge is -2.11. The predicted molar refractivity (Wildman–Crippen MR) is 71.0 cm³/mol. The molecule has 0 bridgehead atoms. The Balaban J connectivity index is 2.92. The minimum absolute atomic E-state index is 0.187. The SMILES string of the molecule is C=C(C)c1ccc(C)cc1OC(=O)CC(C)C. The molecule has 0 N–H and O–H groups in total. The Hall–Kier alpha value is -1.57. The van der Waals surface area contributed by atoms with E-state index in [1.807, 2.05) is 45.9 Å². The van der Waals surface area contributed by atoms with Crippen molar-refractivity contribution in [3.05, 3.63) is 35.9 Å². The van der Waals surface area contributed by atoms with Gasteiger partial charge in [-0.25, -0.2) is 0 Å². The zero-order valence-electron chi connectivity index (χ0n) is 11.0. The molecule has 2 nitrogen and oxygen atoms in total. The summed E-state index contributed by atoms with van der Waals surface area (Å²) in [6.07, 6.45) is 0.434. The summed E-state index contributed by atoms with van der Waals surface area (Å²) in [5.41, 5.74) is 2.87. The molecule has 1 rings (SSSR count). The van der Waals surface area contributed by atoms with Crippen LogP contribution in [0, 0.1) is 12.8 Å². The molecule has 0 aromatic heterocycles. The number of allylic oxidation sites excluding steroid dienone is 1. The van der Waals surface area contributed by atoms with E-state index < -0.39 is 0 Å². The van der Waals surface area contributed by atoms with Crippen LogP contribution >= 0.6 is 0 Å². The molecule has 0 saturated heterocycles. The molecular formula is C15H20O2. The fourth-order valence-electron chi connectivity index (χ4n) is 1.56. The maximum absolute atomic E-state index is 11.7. The molecule has 0 radical (unpaired) electrons. The smallest absolute Gasteiger partial charge is 0.311 e. The van der Waals surface area contributed by atoms with E-state index in [9.17, 15) is 4.79 Å². The molecule has 0 spiro atoms. The van der Waals surface area contributed by atoms with Gasteiger partial charge < -0.3 is 4.74 Å². The second-order valence-corrected chi connectivity index (χ2v) is 4.85. The van der Waals surface area contributed by atoms with Gasteiger partial charge in [-0.1, -0.05) is 32.6 Å². The van der Waals surface area contributed by atoms with Crippen LogP contribution in [0.25, 0.3) is 5.57 Å². The molecule has 0 unspecified atom stereocenters. The molecule has 2 heteroatoms. The van der Waals surface area contributed by atoms with Crippen LogP contribution in [0.3, 0.4) is 0 Å². The van der Waals surface area contributed by atoms with Crippen molar-refractivity contribution in [2.24, 2.45) is 5.92 Å². The highest BCUT2D eigenvalue weighted by Gasteiger charge is 2.11. The predicted octanol–water partition coefficient (Wildman–Crippen LogP) is 3.98. The average Bonchev–Trinajstić information content (AvgIpc) is 2.15. The fourth-order valence-corrected chi connectivity index (χ4v) is 1.56. The van der Waals surface area contributed by atoms with Crippen LogP contribution in [0.4, 0.5) is 0 Å². The van der Waals surface area contributed by atoms with Crippen molar-refractivity contribution in [1.82, 2.24) is 0 Å². The van der Waals surface area contributed by atoms with Gasteiger partial charge in [0.2, 0.25) is 0 Å². The van der Waals surface area contributed by atoms with Crippen molar-refractivity contribution < 1.29 is 9.53 Å². The van der Waals surface area contributed by atoms with Gasteiger partial charge in [-0.15, -0.1) is 0 Å². The molecule has 0 aliphatic heterocycles. The van der Waals surface area contributed by atoms with Gasteiger partial charge in [-0.3, -0.25) is 4.79 Å². The van der Waals surface area contributed by atoms with Crippen molar-refractivity contribution in [3.63, 3.8) is 0 Å². The number of carbonyl (C=O) groups excluding carboxylic acids is 1. The van der Waals surface area contributed by atoms with Crippen LogP contribution in [-0.4, -0.2) is 5.97 Å². The van der Waals surface area contributed by atoms with E-state index in [0.717, 1.165) is 16.7 Å². The summed E-state index contributed by atoms with van der Waals surface area (Å²) in [7, 11) is 0. The number of esters is 1. The van der Waals surface area contributed by atoms with Crippen molar-refractivity contribution in [3.8, 4) is 5.75 Å². The zero-order valence-corrected chi connectivity index (χ0v) is 11.0. The van der Waals surface area contributed by atoms with Crippen LogP contribution in [0.2, 0.25) is 0 Å². The first-order valence-electron chi connectivity index (χ1n) is 5.87. The van der Waals surface area contributed by atoms with E-state index in [0.29, 0.717) is 18.1 Å². The summed E-state index contributed by atoms with van der Waals surface area (Å²) in [5, 5.41) is 0. The lowest BCUT2D eigenvalue weighted by Crippen LogP contribution is -2.11. The Morgan fingerprint density at radius 3 is 2.59 bits per heavy atom. The topological polar surface area (TPSA) is 26.3 Å². The van der Waals surface area contributed by atoms with Crippen LogP contribution in [0.1, 0.15) is 38.3 Å². The second kappa shape index (κ2) is 5.67. The third-order valence-electron chi connectivity index (χ3n) is 2.40. The summed E-state index contributed by atoms with van der Waals surface area (Å²) in [4.78, 5) is 11.7. The summed E-state index contributed by atoms with van der Waals surface area (Å²) < 4.78 is 5.40. The highest BCUT2D eigenvalue weighted by molar-refractivity contribution is 5.76. The average molecular weight is 232 g/mol. The number of ether oxygens (including phenoxy) is 1. The van der Waals surface area contributed by atoms with E-state index in [2.05, 4.69) is 6.58 Å². The van der Waals surface area contributed by atoms with Gasteiger partial charge in [0.05, 0.1) is 0 Å². The monoisotopic (exact) mass is 232 g/mol. The summed E-state index contributed by atoms with van der Waals surface area (Å²) >= 11 is 0. The number of hydrogen-bond acceptors (Lipinski definition) is 2. The van der Waals surface area contributed by atoms with Gasteiger partial charge in [0.25, 0.3) is 0 Å². The quantitative estimate of drug-likeness (QED) is 0.579. The third kappa shape index (κ3) is 4.06. The fraction of sp³-hybridized carbons (Fsp3) is 0.400. The minimum Gasteiger partial charge on any atom is -0.426 e. The first kappa shape index (κ1) is 13.5. The van der Waals surface area contributed by atoms with Gasteiger partial charge >= 0.3 is 5.97 Å². The van der Waals surface area contributed by atoms with Crippen LogP contribution < -0.4 is 4.74 Å². The Kier molecular flexibility index (Phi) is 4.50. The lowest BCUT2D eigenvalue weighted by atomic mass is 10.1. The maximum atomic E-state index is 11.7. The second-order valence-electron chi connectivity index (χ2n) is 4.85. The minimum atomic E-state index is -0.187. The van der Waals surface area contributed by atoms with E-state index >= 15 is 0 Å². The lowest BCUT2D eigenvalue weighted by molar-refractivity contribution is -0.135. The molecule has 0 aliphatic rings. The Morgan fingerprint density at radius 2 is 2.06 bits per heavy atom. The number of rotatable bonds is 4. The zero-order chi connectivity index (χ0) is 13.0. The third-order valence-corrected chi connectivity index (χ3v) is 2.40. The molecule has 1 aromatic carbocycles. The Bertz CT molecular complexity index is 431. The van der Waals surface area contributed by atoms with Gasteiger partial charge in [0.1, 0.15) is 5.75 Å². The van der Waals surface area contributed by atoms with Crippen molar-refractivity contribution in [2.75, 3.05) is 0 Å². The van der Waals surface area contributed by atoms with Gasteiger partial charge in [0, 0.05) is 12.0 Å². The molecule has 17 heavy (non-hydrogen) atoms. The number of aryl methyl sites for hydroxylation is 1. The van der Waals surface area contributed by atoms with E-state index in [4.69, 9.17) is 4.74 Å². The number of hydrogen-bond donors (Lipinski definition) is 0. The molecular weight excluding hydrogens is 212 g/mol. The first-order chi connectivity index (χ1) is 7.90. The number of carbonyl (C=O) groups is 1. The van der Waals surface area contributed by atoms with E-state index in [1.54, 1.807) is 0 Å². The highest BCUT2D eigenvalue weighted by atomic mass is 16.5. The van der Waals surface area contributed by atoms with Crippen LogP contribution in [0.5, 0.6) is 5.75 Å². The standard InChI is InChI=1S/C15H20O2/c1-10(2)8-15(16)17-14-9-12(5)6-7-13(14)11(3)4/h6-7,9-10H,3,8H2,1-2,4-5H3. The van der Waals surface area contributed by atoms with Crippen molar-refractivity contribution in [1.29, 1.82) is 0 Å². The van der Waals surface area contributed by atoms with Gasteiger partial charge in [-0.05, 0) is 37.0 Å². The molecule has 0 saturated carbocycles. The molecule has 0 fully saturated rings. The summed E-state index contributed by atoms with van der Waals surface area (Å²) in [5.74, 6) is 0.733. The summed E-state index contributed by atoms with van der Waals surface area (Å²) in [6.45, 7) is 11.8. The molecule has 0 atom stereocenters. The molecule has 0 amide bonds. The number of benzene rings is 1. The highest BCUT2D eigenvalue weighted by Crippen LogP contribution is 2.26. The van der Waals surface area contributed by atoms with E-state index in [1.165, 1.54) is 0 Å². The van der Waals surface area contributed by atoms with Crippen molar-refractivity contribution >= 4 is 11.5 Å². The maximum Gasteiger partial charge on any atom is 0.311 e. The molecule has 1 aromatic rings. The summed E-state index contributed by atoms with van der Waals surface area (Å²) in [6, 6.07) is 5.81. The largest absolute Gasteiger partial charge is 0.426 e. The van der Waals surface area contributed by atoms with Crippen molar-refractivity contribution in [2.45, 2.75) is 34.1 Å². The molecule has 0 heterocycles. The van der Waals surface area contributed by atoms with Crippen LogP contribution in [0.15, 0.2) is 24.8 Å². The Labute approximate surface area is 103 Å². The molecule has 92 valence electrons. The normalized spacial score (nSPS) is 10.4. The van der Waals surface area contributed by atoms with E-state index in [-0.39, 0.29) is 5.97 Å². The van der Waals surface area contributed by atoms with Gasteiger partial charge in [0.15, 0.2) is 0 Å². The first-order valence-corrected chi connectivity index (χ1v) is 5.87. The van der Waals surface area contributed by atoms with Crippen LogP contribution in [-0.2, 0) is 4.79 Å². The molecule has 0 aliphatic carbocycles. The Morgan fingerprint density at radius 1 is 1.41 bits per heavy atom.